The van der Waals surface area contributed by atoms with Crippen LogP contribution in [0, 0.1) is 16.7 Å². The van der Waals surface area contributed by atoms with Gasteiger partial charge in [0.25, 0.3) is 0 Å². The average molecular weight is 526 g/mol. The number of carbonyl (C=O) groups excluding carboxylic acids is 2. The second kappa shape index (κ2) is 7.29. The van der Waals surface area contributed by atoms with Gasteiger partial charge in [0.15, 0.2) is 18.0 Å². The second-order valence-corrected chi connectivity index (χ2v) is 11.7. The largest absolute Gasteiger partial charge is 0.459 e. The van der Waals surface area contributed by atoms with Crippen molar-refractivity contribution in [2.75, 3.05) is 6.61 Å². The average Bonchev–Trinajstić information content (AvgIpc) is 3.77. The first-order chi connectivity index (χ1) is 17.4. The highest BCUT2D eigenvalue weighted by molar-refractivity contribution is 5.88. The van der Waals surface area contributed by atoms with Crippen LogP contribution in [0.4, 0.5) is 0 Å². The molecule has 37 heavy (non-hydrogen) atoms. The molecule has 0 amide bonds. The molecule has 0 aromatic heterocycles. The molecule has 1 spiro atoms. The minimum atomic E-state index is -1.65. The summed E-state index contributed by atoms with van der Waals surface area (Å²) in [5, 5.41) is 51.1. The number of cyclic esters (lactones) is 1. The molecule has 6 fully saturated rings. The van der Waals surface area contributed by atoms with E-state index in [0.717, 1.165) is 0 Å². The molecule has 2 aliphatic carbocycles. The van der Waals surface area contributed by atoms with Crippen molar-refractivity contribution in [1.82, 2.24) is 0 Å². The van der Waals surface area contributed by atoms with E-state index in [1.165, 1.54) is 6.08 Å². The maximum absolute atomic E-state index is 13.1. The van der Waals surface area contributed by atoms with Crippen molar-refractivity contribution < 1.29 is 63.5 Å². The van der Waals surface area contributed by atoms with Crippen LogP contribution in [0.2, 0.25) is 0 Å². The molecule has 7 rings (SSSR count). The number of carbonyl (C=O) groups is 2. The van der Waals surface area contributed by atoms with Gasteiger partial charge in [-0.05, 0) is 19.4 Å². The first kappa shape index (κ1) is 24.4. The van der Waals surface area contributed by atoms with Crippen LogP contribution < -0.4 is 0 Å². The molecule has 5 aliphatic heterocycles. The molecule has 16 atom stereocenters. The second-order valence-electron chi connectivity index (χ2n) is 11.7. The van der Waals surface area contributed by atoms with Gasteiger partial charge < -0.3 is 54.0 Å². The van der Waals surface area contributed by atoms with Gasteiger partial charge in [-0.2, -0.15) is 0 Å². The zero-order chi connectivity index (χ0) is 26.4. The van der Waals surface area contributed by atoms with Gasteiger partial charge >= 0.3 is 11.9 Å². The number of esters is 2. The third kappa shape index (κ3) is 2.70. The topological polar surface area (TPSA) is 197 Å². The number of hydrogen-bond donors (Lipinski definition) is 5. The number of rotatable bonds is 4. The quantitative estimate of drug-likeness (QED) is 0.182. The Morgan fingerprint density at radius 1 is 0.973 bits per heavy atom. The molecule has 1 unspecified atom stereocenters. The van der Waals surface area contributed by atoms with Crippen LogP contribution in [-0.2, 0) is 38.0 Å². The minimum Gasteiger partial charge on any atom is -0.459 e. The highest BCUT2D eigenvalue weighted by Gasteiger charge is 2.89. The molecular formula is C24H30O13. The third-order valence-electron chi connectivity index (χ3n) is 9.88. The standard InChI is InChI=1S/C24H30O13/c1-6(32-20-12(29)11(28)10(27)7(5-25)33-20)17-24-8(4-9(26)34-17)22(2)15-13(19(24)37-24)36-21(31)23(15,3)16(30)14-18(22)35-14/h4,6-7,10-20,25,27-30H,5H2,1-3H3/t6?,7-,10-,11+,12-,13+,14+,15-,16+,17-,18+,19-,20-,22-,23-,24-/m1/s1. The van der Waals surface area contributed by atoms with Crippen molar-refractivity contribution in [2.24, 2.45) is 16.7 Å². The van der Waals surface area contributed by atoms with Crippen molar-refractivity contribution >= 4 is 11.9 Å². The normalized spacial score (nSPS) is 59.6. The van der Waals surface area contributed by atoms with Crippen molar-refractivity contribution in [3.63, 3.8) is 0 Å². The lowest BCUT2D eigenvalue weighted by atomic mass is 9.46. The van der Waals surface area contributed by atoms with E-state index in [1.807, 2.05) is 6.92 Å². The van der Waals surface area contributed by atoms with Gasteiger partial charge in [-0.15, -0.1) is 0 Å². The smallest absolute Gasteiger partial charge is 0.331 e. The van der Waals surface area contributed by atoms with E-state index in [1.54, 1.807) is 13.8 Å². The number of aliphatic hydroxyl groups excluding tert-OH is 5. The molecule has 0 radical (unpaired) electrons. The Labute approximate surface area is 210 Å². The maximum atomic E-state index is 13.1. The van der Waals surface area contributed by atoms with Crippen LogP contribution in [0.5, 0.6) is 0 Å². The zero-order valence-corrected chi connectivity index (χ0v) is 20.3. The van der Waals surface area contributed by atoms with Crippen molar-refractivity contribution in [1.29, 1.82) is 0 Å². The highest BCUT2D eigenvalue weighted by atomic mass is 16.7. The van der Waals surface area contributed by atoms with Crippen LogP contribution in [0.25, 0.3) is 0 Å². The fourth-order valence-corrected chi connectivity index (χ4v) is 8.02. The lowest BCUT2D eigenvalue weighted by Crippen LogP contribution is -2.66. The molecular weight excluding hydrogens is 496 g/mol. The predicted molar refractivity (Wildman–Crippen MR) is 114 cm³/mol. The SMILES string of the molecule is CC(O[C@@H]1O[C@H](CO)[C@@H](O)[C@H](O)[C@H]1O)[C@H]1OC(=O)C=C2[C@]3(C)[C@H]4[C@H](OC(=O)[C@@]4(C)[C@@H](O)[C@@H]4O[C@@H]43)[C@H]3O[C@]213. The van der Waals surface area contributed by atoms with E-state index >= 15 is 0 Å². The van der Waals surface area contributed by atoms with Gasteiger partial charge in [0.1, 0.15) is 48.1 Å². The van der Waals surface area contributed by atoms with E-state index in [-0.39, 0.29) is 0 Å². The number of fused-ring (bicyclic) bond motifs is 4. The Bertz CT molecular complexity index is 1090. The molecule has 13 nitrogen and oxygen atoms in total. The summed E-state index contributed by atoms with van der Waals surface area (Å²) >= 11 is 0. The third-order valence-corrected chi connectivity index (χ3v) is 9.88. The minimum absolute atomic E-state index is 0.459. The van der Waals surface area contributed by atoms with Crippen LogP contribution in [0.15, 0.2) is 11.6 Å². The Morgan fingerprint density at radius 3 is 2.41 bits per heavy atom. The Hall–Kier alpha value is -1.68. The molecule has 5 heterocycles. The Morgan fingerprint density at radius 2 is 1.70 bits per heavy atom. The summed E-state index contributed by atoms with van der Waals surface area (Å²) in [5.74, 6) is -1.71. The molecule has 4 saturated heterocycles. The van der Waals surface area contributed by atoms with Gasteiger partial charge in [0.05, 0.1) is 24.9 Å². The number of hydrogen-bond acceptors (Lipinski definition) is 13. The first-order valence-corrected chi connectivity index (χ1v) is 12.5. The summed E-state index contributed by atoms with van der Waals surface area (Å²) in [5.41, 5.74) is -2.75. The highest BCUT2D eigenvalue weighted by Crippen LogP contribution is 2.75. The monoisotopic (exact) mass is 526 g/mol. The van der Waals surface area contributed by atoms with Gasteiger partial charge in [0, 0.05) is 17.4 Å². The van der Waals surface area contributed by atoms with E-state index in [0.29, 0.717) is 5.57 Å². The van der Waals surface area contributed by atoms with Crippen LogP contribution in [0.1, 0.15) is 20.8 Å². The van der Waals surface area contributed by atoms with E-state index in [9.17, 15) is 35.1 Å². The van der Waals surface area contributed by atoms with Crippen molar-refractivity contribution in [3.8, 4) is 0 Å². The van der Waals surface area contributed by atoms with Gasteiger partial charge in [0.2, 0.25) is 0 Å². The summed E-state index contributed by atoms with van der Waals surface area (Å²) < 4.78 is 35.0. The molecule has 0 aromatic carbocycles. The Kier molecular flexibility index (Phi) is 4.80. The van der Waals surface area contributed by atoms with Gasteiger partial charge in [-0.3, -0.25) is 4.79 Å². The van der Waals surface area contributed by atoms with E-state index < -0.39 is 114 Å². The number of aliphatic hydroxyl groups is 5. The molecule has 13 heteroatoms. The lowest BCUT2D eigenvalue weighted by molar-refractivity contribution is -0.317. The first-order valence-electron chi connectivity index (χ1n) is 12.5. The molecule has 204 valence electrons. The lowest BCUT2D eigenvalue weighted by Gasteiger charge is -2.53. The van der Waals surface area contributed by atoms with Crippen LogP contribution in [0.3, 0.4) is 0 Å². The number of ether oxygens (including phenoxy) is 6. The van der Waals surface area contributed by atoms with Crippen LogP contribution >= 0.6 is 0 Å². The van der Waals surface area contributed by atoms with E-state index in [2.05, 4.69) is 0 Å². The molecule has 7 aliphatic rings. The molecule has 5 N–H and O–H groups in total. The fraction of sp³-hybridized carbons (Fsp3) is 0.833. The summed E-state index contributed by atoms with van der Waals surface area (Å²) in [6.07, 6.45) is -11.6. The van der Waals surface area contributed by atoms with Crippen molar-refractivity contribution in [2.45, 2.75) is 99.8 Å². The van der Waals surface area contributed by atoms with Gasteiger partial charge in [-0.1, -0.05) is 6.92 Å². The maximum Gasteiger partial charge on any atom is 0.331 e. The van der Waals surface area contributed by atoms with Crippen LogP contribution in [-0.4, -0.2) is 123 Å². The van der Waals surface area contributed by atoms with Crippen molar-refractivity contribution in [3.05, 3.63) is 11.6 Å². The summed E-state index contributed by atoms with van der Waals surface area (Å²) in [6, 6.07) is 0. The summed E-state index contributed by atoms with van der Waals surface area (Å²) in [6.45, 7) is 4.52. The summed E-state index contributed by atoms with van der Waals surface area (Å²) in [7, 11) is 0. The molecule has 2 saturated carbocycles. The molecule has 0 aromatic rings. The zero-order valence-electron chi connectivity index (χ0n) is 20.3. The Balaban J connectivity index is 1.24. The number of epoxide rings is 2. The predicted octanol–water partition coefficient (Wildman–Crippen LogP) is -3.11. The van der Waals surface area contributed by atoms with Gasteiger partial charge in [-0.25, -0.2) is 4.79 Å². The van der Waals surface area contributed by atoms with E-state index in [4.69, 9.17) is 28.4 Å². The summed E-state index contributed by atoms with van der Waals surface area (Å²) in [4.78, 5) is 26.0. The molecule has 0 bridgehead atoms. The fourth-order valence-electron chi connectivity index (χ4n) is 8.02.